The largest absolute Gasteiger partial charge is 0.399 e. The first-order chi connectivity index (χ1) is 12.8. The van der Waals surface area contributed by atoms with Crippen LogP contribution in [0.25, 0.3) is 0 Å². The van der Waals surface area contributed by atoms with Crippen LogP contribution >= 0.6 is 12.4 Å². The predicted molar refractivity (Wildman–Crippen MR) is 102 cm³/mol. The van der Waals surface area contributed by atoms with Gasteiger partial charge < -0.3 is 10.6 Å². The fourth-order valence-electron chi connectivity index (χ4n) is 3.29. The Hall–Kier alpha value is -2.54. The van der Waals surface area contributed by atoms with Gasteiger partial charge in [0.15, 0.2) is 5.78 Å². The van der Waals surface area contributed by atoms with E-state index >= 15 is 0 Å². The maximum absolute atomic E-state index is 13.8. The van der Waals surface area contributed by atoms with Crippen LogP contribution in [0.2, 0.25) is 0 Å². The van der Waals surface area contributed by atoms with Crippen molar-refractivity contribution in [1.82, 2.24) is 4.90 Å². The molecule has 2 N–H and O–H groups in total. The second-order valence-corrected chi connectivity index (χ2v) is 6.68. The smallest absolute Gasteiger partial charge is 0.226 e. The molecule has 1 aliphatic heterocycles. The van der Waals surface area contributed by atoms with E-state index in [1.807, 2.05) is 0 Å². The van der Waals surface area contributed by atoms with E-state index in [9.17, 15) is 22.8 Å². The number of amides is 1. The molecule has 2 aromatic carbocycles. The molecule has 1 fully saturated rings. The molecule has 8 heteroatoms. The van der Waals surface area contributed by atoms with Crippen LogP contribution in [0, 0.1) is 23.4 Å². The van der Waals surface area contributed by atoms with Gasteiger partial charge in [0.25, 0.3) is 0 Å². The number of carbonyl (C=O) groups excluding carboxylic acids is 2. The highest BCUT2D eigenvalue weighted by Gasteiger charge is 2.31. The lowest BCUT2D eigenvalue weighted by Crippen LogP contribution is -2.41. The van der Waals surface area contributed by atoms with Gasteiger partial charge in [0.05, 0.1) is 12.0 Å². The minimum Gasteiger partial charge on any atom is -0.399 e. The highest BCUT2D eigenvalue weighted by Crippen LogP contribution is 2.25. The van der Waals surface area contributed by atoms with Crippen molar-refractivity contribution in [3.05, 3.63) is 65.0 Å². The van der Waals surface area contributed by atoms with E-state index in [0.29, 0.717) is 43.8 Å². The Labute approximate surface area is 166 Å². The SMILES string of the molecule is Cl.Nc1ccc(CC(=O)N2CCC(C(=O)c3c(F)cc(F)cc3F)CC2)cc1. The monoisotopic (exact) mass is 412 g/mol. The van der Waals surface area contributed by atoms with Crippen LogP contribution in [0.5, 0.6) is 0 Å². The third kappa shape index (κ3) is 4.84. The summed E-state index contributed by atoms with van der Waals surface area (Å²) in [5.74, 6) is -4.82. The van der Waals surface area contributed by atoms with Crippen LogP contribution in [0.4, 0.5) is 18.9 Å². The van der Waals surface area contributed by atoms with Crippen LogP contribution in [-0.2, 0) is 11.2 Å². The normalized spacial score (nSPS) is 14.5. The van der Waals surface area contributed by atoms with Gasteiger partial charge in [-0.2, -0.15) is 0 Å². The fourth-order valence-corrected chi connectivity index (χ4v) is 3.29. The second kappa shape index (κ2) is 9.10. The number of anilines is 1. The van der Waals surface area contributed by atoms with E-state index < -0.39 is 34.7 Å². The van der Waals surface area contributed by atoms with Gasteiger partial charge in [-0.05, 0) is 30.5 Å². The maximum Gasteiger partial charge on any atom is 0.226 e. The first-order valence-electron chi connectivity index (χ1n) is 8.66. The summed E-state index contributed by atoms with van der Waals surface area (Å²) >= 11 is 0. The molecule has 1 amide bonds. The first kappa shape index (κ1) is 21.8. The average Bonchev–Trinajstić information content (AvgIpc) is 2.63. The van der Waals surface area contributed by atoms with Crippen LogP contribution in [0.1, 0.15) is 28.8 Å². The lowest BCUT2D eigenvalue weighted by molar-refractivity contribution is -0.131. The predicted octanol–water partition coefficient (Wildman–Crippen LogP) is 3.77. The molecule has 2 aromatic rings. The number of nitrogens with two attached hydrogens (primary N) is 1. The quantitative estimate of drug-likeness (QED) is 0.614. The number of hydrogen-bond acceptors (Lipinski definition) is 3. The molecule has 0 aromatic heterocycles. The number of halogens is 4. The zero-order valence-electron chi connectivity index (χ0n) is 15.0. The molecule has 0 saturated carbocycles. The van der Waals surface area contributed by atoms with Gasteiger partial charge in [0, 0.05) is 36.8 Å². The molecule has 1 aliphatic rings. The summed E-state index contributed by atoms with van der Waals surface area (Å²) in [5, 5.41) is 0. The van der Waals surface area contributed by atoms with Crippen LogP contribution in [0.3, 0.4) is 0 Å². The van der Waals surface area contributed by atoms with E-state index in [0.717, 1.165) is 5.56 Å². The summed E-state index contributed by atoms with van der Waals surface area (Å²) < 4.78 is 40.6. The van der Waals surface area contributed by atoms with Gasteiger partial charge in [0.2, 0.25) is 5.91 Å². The zero-order chi connectivity index (χ0) is 19.6. The van der Waals surface area contributed by atoms with Crippen molar-refractivity contribution in [2.45, 2.75) is 19.3 Å². The molecule has 0 radical (unpaired) electrons. The van der Waals surface area contributed by atoms with Crippen molar-refractivity contribution in [3.63, 3.8) is 0 Å². The molecule has 0 spiro atoms. The molecule has 0 aliphatic carbocycles. The van der Waals surface area contributed by atoms with Crippen molar-refractivity contribution < 1.29 is 22.8 Å². The summed E-state index contributed by atoms with van der Waals surface area (Å²) in [4.78, 5) is 26.5. The molecule has 150 valence electrons. The van der Waals surface area contributed by atoms with Gasteiger partial charge in [-0.15, -0.1) is 12.4 Å². The van der Waals surface area contributed by atoms with Gasteiger partial charge >= 0.3 is 0 Å². The van der Waals surface area contributed by atoms with Crippen molar-refractivity contribution in [2.75, 3.05) is 18.8 Å². The maximum atomic E-state index is 13.8. The van der Waals surface area contributed by atoms with Crippen molar-refractivity contribution in [2.24, 2.45) is 5.92 Å². The zero-order valence-corrected chi connectivity index (χ0v) is 15.8. The van der Waals surface area contributed by atoms with Crippen LogP contribution in [0.15, 0.2) is 36.4 Å². The number of benzene rings is 2. The summed E-state index contributed by atoms with van der Waals surface area (Å²) in [6, 6.07) is 8.01. The molecule has 0 unspecified atom stereocenters. The fraction of sp³-hybridized carbons (Fsp3) is 0.300. The molecule has 3 rings (SSSR count). The Morgan fingerprint density at radius 3 is 2.07 bits per heavy atom. The lowest BCUT2D eigenvalue weighted by atomic mass is 9.88. The number of piperidine rings is 1. The topological polar surface area (TPSA) is 63.4 Å². The molecule has 0 atom stereocenters. The van der Waals surface area contributed by atoms with E-state index in [-0.39, 0.29) is 24.7 Å². The number of hydrogen-bond donors (Lipinski definition) is 1. The van der Waals surface area contributed by atoms with E-state index in [1.165, 1.54) is 0 Å². The molecular weight excluding hydrogens is 393 g/mol. The van der Waals surface area contributed by atoms with Gasteiger partial charge in [0.1, 0.15) is 17.5 Å². The standard InChI is InChI=1S/C20H19F3N2O2.ClH/c21-14-10-16(22)19(17(23)11-14)20(27)13-5-7-25(8-6-13)18(26)9-12-1-3-15(24)4-2-12;/h1-4,10-11,13H,5-9,24H2;1H. The average molecular weight is 413 g/mol. The number of carbonyl (C=O) groups is 2. The Morgan fingerprint density at radius 1 is 1.00 bits per heavy atom. The minimum atomic E-state index is -1.20. The summed E-state index contributed by atoms with van der Waals surface area (Å²) in [5.41, 5.74) is 6.37. The number of ketones is 1. The van der Waals surface area contributed by atoms with Crippen LogP contribution < -0.4 is 5.73 Å². The Kier molecular flexibility index (Phi) is 7.07. The number of likely N-dealkylation sites (tertiary alicyclic amines) is 1. The lowest BCUT2D eigenvalue weighted by Gasteiger charge is -2.31. The molecule has 4 nitrogen and oxygen atoms in total. The molecule has 1 saturated heterocycles. The molecule has 0 bridgehead atoms. The molecule has 1 heterocycles. The minimum absolute atomic E-state index is 0. The highest BCUT2D eigenvalue weighted by molar-refractivity contribution is 5.98. The Bertz CT molecular complexity index is 843. The number of rotatable bonds is 4. The molecule has 28 heavy (non-hydrogen) atoms. The first-order valence-corrected chi connectivity index (χ1v) is 8.66. The number of nitrogens with zero attached hydrogens (tertiary/aromatic N) is 1. The van der Waals surface area contributed by atoms with Crippen molar-refractivity contribution >= 4 is 29.8 Å². The van der Waals surface area contributed by atoms with Gasteiger partial charge in [-0.25, -0.2) is 13.2 Å². The summed E-state index contributed by atoms with van der Waals surface area (Å²) in [6.45, 7) is 0.656. The van der Waals surface area contributed by atoms with E-state index in [4.69, 9.17) is 5.73 Å². The van der Waals surface area contributed by atoms with Crippen molar-refractivity contribution in [1.29, 1.82) is 0 Å². The van der Waals surface area contributed by atoms with Crippen molar-refractivity contribution in [3.8, 4) is 0 Å². The third-order valence-electron chi connectivity index (χ3n) is 4.81. The van der Waals surface area contributed by atoms with E-state index in [1.54, 1.807) is 29.2 Å². The third-order valence-corrected chi connectivity index (χ3v) is 4.81. The Balaban J connectivity index is 0.00000280. The van der Waals surface area contributed by atoms with Gasteiger partial charge in [-0.1, -0.05) is 12.1 Å². The van der Waals surface area contributed by atoms with E-state index in [2.05, 4.69) is 0 Å². The second-order valence-electron chi connectivity index (χ2n) is 6.68. The molecular formula is C20H20ClF3N2O2. The number of Topliss-reactive ketones (excluding diaryl/α,β-unsaturated/α-hetero) is 1. The summed E-state index contributed by atoms with van der Waals surface area (Å²) in [6.07, 6.45) is 0.839. The van der Waals surface area contributed by atoms with Crippen LogP contribution in [-0.4, -0.2) is 29.7 Å². The highest BCUT2D eigenvalue weighted by atomic mass is 35.5. The summed E-state index contributed by atoms with van der Waals surface area (Å²) in [7, 11) is 0. The van der Waals surface area contributed by atoms with Gasteiger partial charge in [-0.3, -0.25) is 9.59 Å². The number of nitrogen functional groups attached to an aromatic ring is 1. The Morgan fingerprint density at radius 2 is 1.54 bits per heavy atom.